The van der Waals surface area contributed by atoms with Gasteiger partial charge in [0.1, 0.15) is 12.0 Å². The molecule has 200 valence electrons. The summed E-state index contributed by atoms with van der Waals surface area (Å²) in [7, 11) is 1.84. The molecule has 1 saturated heterocycles. The monoisotopic (exact) mass is 512 g/mol. The van der Waals surface area contributed by atoms with Gasteiger partial charge in [-0.2, -0.15) is 5.10 Å². The Morgan fingerprint density at radius 2 is 2.00 bits per heavy atom. The van der Waals surface area contributed by atoms with E-state index < -0.39 is 0 Å². The number of ether oxygens (including phenoxy) is 1. The first-order valence-electron chi connectivity index (χ1n) is 13.0. The highest BCUT2D eigenvalue weighted by Gasteiger charge is 2.35. The summed E-state index contributed by atoms with van der Waals surface area (Å²) in [6.07, 6.45) is 4.03. The van der Waals surface area contributed by atoms with Crippen LogP contribution in [0.25, 0.3) is 11.1 Å². The van der Waals surface area contributed by atoms with Gasteiger partial charge in [0.2, 0.25) is 5.91 Å². The van der Waals surface area contributed by atoms with Crippen molar-refractivity contribution in [1.82, 2.24) is 35.3 Å². The Kier molecular flexibility index (Phi) is 8.04. The predicted molar refractivity (Wildman–Crippen MR) is 140 cm³/mol. The molecule has 11 heteroatoms. The molecule has 3 aliphatic rings. The maximum absolute atomic E-state index is 15.1. The van der Waals surface area contributed by atoms with Gasteiger partial charge in [0, 0.05) is 89.2 Å². The highest BCUT2D eigenvalue weighted by molar-refractivity contribution is 5.74. The van der Waals surface area contributed by atoms with Crippen LogP contribution in [0.5, 0.6) is 0 Å². The van der Waals surface area contributed by atoms with Crippen LogP contribution in [-0.4, -0.2) is 102 Å². The van der Waals surface area contributed by atoms with Crippen molar-refractivity contribution in [2.75, 3.05) is 70.9 Å². The molecule has 0 radical (unpaired) electrons. The SMILES string of the molecule is CC(=O)N1CCC2=C(C1)C(Nc1ccc(-c3cnn(C)c3)cc1F)NN2CCOCCN1CCNCC1. The molecule has 1 aromatic heterocycles. The minimum atomic E-state index is -0.334. The van der Waals surface area contributed by atoms with E-state index in [9.17, 15) is 4.79 Å². The number of carbonyl (C=O) groups is 1. The number of nitrogens with zero attached hydrogens (tertiary/aromatic N) is 5. The number of hydrogen-bond donors (Lipinski definition) is 3. The van der Waals surface area contributed by atoms with Gasteiger partial charge in [-0.15, -0.1) is 0 Å². The molecule has 1 amide bonds. The van der Waals surface area contributed by atoms with Crippen molar-refractivity contribution in [3.05, 3.63) is 47.7 Å². The number of piperazine rings is 1. The standard InChI is InChI=1S/C26H37FN8O2/c1-19(36)34-8-5-25-22(18-34)26(31-35(25)12-14-37-13-11-33-9-6-28-7-10-33)30-24-4-3-20(15-23(24)27)21-16-29-32(2)17-21/h3-4,15-17,26,28,30-31H,5-14,18H2,1-2H3. The molecule has 0 bridgehead atoms. The molecule has 1 atom stereocenters. The molecule has 3 N–H and O–H groups in total. The van der Waals surface area contributed by atoms with E-state index in [2.05, 4.69) is 31.1 Å². The third-order valence-electron chi connectivity index (χ3n) is 7.28. The van der Waals surface area contributed by atoms with Crippen molar-refractivity contribution < 1.29 is 13.9 Å². The van der Waals surface area contributed by atoms with Crippen molar-refractivity contribution in [3.63, 3.8) is 0 Å². The molecule has 1 aromatic carbocycles. The smallest absolute Gasteiger partial charge is 0.219 e. The fourth-order valence-corrected chi connectivity index (χ4v) is 5.17. The summed E-state index contributed by atoms with van der Waals surface area (Å²) >= 11 is 0. The molecule has 0 saturated carbocycles. The lowest BCUT2D eigenvalue weighted by atomic mass is 10.0. The Labute approximate surface area is 217 Å². The summed E-state index contributed by atoms with van der Waals surface area (Å²) in [6.45, 7) is 9.90. The number of rotatable bonds is 9. The van der Waals surface area contributed by atoms with Gasteiger partial charge in [-0.05, 0) is 17.7 Å². The van der Waals surface area contributed by atoms with Crippen LogP contribution >= 0.6 is 0 Å². The second-order valence-electron chi connectivity index (χ2n) is 9.82. The van der Waals surface area contributed by atoms with Crippen LogP contribution in [0.3, 0.4) is 0 Å². The average Bonchev–Trinajstić information content (AvgIpc) is 3.49. The average molecular weight is 513 g/mol. The van der Waals surface area contributed by atoms with Gasteiger partial charge in [-0.1, -0.05) is 6.07 Å². The third-order valence-corrected chi connectivity index (χ3v) is 7.28. The van der Waals surface area contributed by atoms with Crippen molar-refractivity contribution in [2.24, 2.45) is 7.05 Å². The molecule has 0 spiro atoms. The molecule has 37 heavy (non-hydrogen) atoms. The molecule has 1 fully saturated rings. The number of benzene rings is 1. The second-order valence-corrected chi connectivity index (χ2v) is 9.82. The Bertz CT molecular complexity index is 1130. The molecular weight excluding hydrogens is 475 g/mol. The molecule has 5 rings (SSSR count). The Balaban J connectivity index is 1.22. The normalized spacial score (nSPS) is 20.5. The van der Waals surface area contributed by atoms with Crippen LogP contribution in [-0.2, 0) is 16.6 Å². The number of halogens is 1. The van der Waals surface area contributed by atoms with E-state index in [1.165, 1.54) is 6.07 Å². The van der Waals surface area contributed by atoms with E-state index in [1.807, 2.05) is 24.2 Å². The Hall–Kier alpha value is -2.99. The van der Waals surface area contributed by atoms with E-state index in [-0.39, 0.29) is 17.9 Å². The molecule has 4 heterocycles. The predicted octanol–water partition coefficient (Wildman–Crippen LogP) is 1.21. The lowest BCUT2D eigenvalue weighted by Gasteiger charge is -2.30. The fourth-order valence-electron chi connectivity index (χ4n) is 5.17. The summed E-state index contributed by atoms with van der Waals surface area (Å²) < 4.78 is 22.8. The molecule has 2 aromatic rings. The largest absolute Gasteiger partial charge is 0.378 e. The minimum absolute atomic E-state index is 0.0481. The quantitative estimate of drug-likeness (QED) is 0.432. The molecule has 3 aliphatic heterocycles. The summed E-state index contributed by atoms with van der Waals surface area (Å²) in [4.78, 5) is 16.3. The zero-order valence-corrected chi connectivity index (χ0v) is 21.7. The van der Waals surface area contributed by atoms with Gasteiger partial charge in [0.25, 0.3) is 0 Å². The van der Waals surface area contributed by atoms with Gasteiger partial charge in [-0.3, -0.25) is 14.4 Å². The summed E-state index contributed by atoms with van der Waals surface area (Å²) in [6, 6.07) is 5.17. The van der Waals surface area contributed by atoms with E-state index in [4.69, 9.17) is 4.74 Å². The number of amides is 1. The number of aromatic nitrogens is 2. The van der Waals surface area contributed by atoms with Gasteiger partial charge < -0.3 is 25.3 Å². The first-order chi connectivity index (χ1) is 18.0. The minimum Gasteiger partial charge on any atom is -0.378 e. The number of nitrogens with one attached hydrogen (secondary N) is 3. The highest BCUT2D eigenvalue weighted by Crippen LogP contribution is 2.31. The Morgan fingerprint density at radius 3 is 2.73 bits per heavy atom. The van der Waals surface area contributed by atoms with Gasteiger partial charge >= 0.3 is 0 Å². The molecular formula is C26H37FN8O2. The number of carbonyl (C=O) groups excluding carboxylic acids is 1. The lowest BCUT2D eigenvalue weighted by molar-refractivity contribution is -0.128. The van der Waals surface area contributed by atoms with Gasteiger partial charge in [0.05, 0.1) is 31.6 Å². The molecule has 1 unspecified atom stereocenters. The van der Waals surface area contributed by atoms with Crippen molar-refractivity contribution in [1.29, 1.82) is 0 Å². The van der Waals surface area contributed by atoms with Gasteiger partial charge in [-0.25, -0.2) is 9.82 Å². The number of hydrogen-bond acceptors (Lipinski definition) is 8. The third kappa shape index (κ3) is 6.12. The van der Waals surface area contributed by atoms with Crippen molar-refractivity contribution >= 4 is 11.6 Å². The van der Waals surface area contributed by atoms with E-state index in [1.54, 1.807) is 23.9 Å². The topological polar surface area (TPSA) is 89.9 Å². The second kappa shape index (κ2) is 11.6. The van der Waals surface area contributed by atoms with Crippen LogP contribution in [0, 0.1) is 5.82 Å². The first kappa shape index (κ1) is 25.7. The first-order valence-corrected chi connectivity index (χ1v) is 13.0. The van der Waals surface area contributed by atoms with E-state index in [0.717, 1.165) is 61.5 Å². The molecule has 0 aliphatic carbocycles. The van der Waals surface area contributed by atoms with Crippen LogP contribution in [0.15, 0.2) is 41.9 Å². The van der Waals surface area contributed by atoms with Crippen molar-refractivity contribution in [2.45, 2.75) is 19.5 Å². The Morgan fingerprint density at radius 1 is 1.19 bits per heavy atom. The zero-order chi connectivity index (χ0) is 25.8. The summed E-state index contributed by atoms with van der Waals surface area (Å²) in [5.74, 6) is -0.286. The number of anilines is 1. The maximum Gasteiger partial charge on any atom is 0.219 e. The van der Waals surface area contributed by atoms with Crippen LogP contribution in [0.2, 0.25) is 0 Å². The van der Waals surface area contributed by atoms with E-state index in [0.29, 0.717) is 38.5 Å². The van der Waals surface area contributed by atoms with Crippen LogP contribution in [0.4, 0.5) is 10.1 Å². The fraction of sp³-hybridized carbons (Fsp3) is 0.538. The van der Waals surface area contributed by atoms with Crippen LogP contribution in [0.1, 0.15) is 13.3 Å². The number of aryl methyl sites for hydroxylation is 1. The highest BCUT2D eigenvalue weighted by atomic mass is 19.1. The zero-order valence-electron chi connectivity index (χ0n) is 21.7. The van der Waals surface area contributed by atoms with Gasteiger partial charge in [0.15, 0.2) is 0 Å². The van der Waals surface area contributed by atoms with Crippen LogP contribution < -0.4 is 16.1 Å². The number of hydrazine groups is 1. The molecule has 10 nitrogen and oxygen atoms in total. The summed E-state index contributed by atoms with van der Waals surface area (Å²) in [5.41, 5.74) is 7.76. The maximum atomic E-state index is 15.1. The lowest BCUT2D eigenvalue weighted by Crippen LogP contribution is -2.45. The summed E-state index contributed by atoms with van der Waals surface area (Å²) in [5, 5.41) is 13.0. The van der Waals surface area contributed by atoms with Crippen molar-refractivity contribution in [3.8, 4) is 11.1 Å². The van der Waals surface area contributed by atoms with E-state index >= 15 is 4.39 Å².